The third-order valence-electron chi connectivity index (χ3n) is 5.76. The Morgan fingerprint density at radius 1 is 0.893 bits per heavy atom. The van der Waals surface area contributed by atoms with Crippen molar-refractivity contribution in [3.05, 3.63) is 65.2 Å². The molecule has 2 aliphatic heterocycles. The van der Waals surface area contributed by atoms with Crippen molar-refractivity contribution in [3.8, 4) is 0 Å². The number of benzene rings is 2. The summed E-state index contributed by atoms with van der Waals surface area (Å²) in [5.41, 5.74) is 4.16. The molecule has 0 atom stereocenters. The molecule has 146 valence electrons. The summed E-state index contributed by atoms with van der Waals surface area (Å²) in [5.74, 6) is 0.229. The van der Waals surface area contributed by atoms with Crippen molar-refractivity contribution in [2.75, 3.05) is 44.2 Å². The van der Waals surface area contributed by atoms with Gasteiger partial charge in [0, 0.05) is 57.4 Å². The molecule has 2 aromatic carbocycles. The molecule has 0 aromatic heterocycles. The van der Waals surface area contributed by atoms with Gasteiger partial charge in [0.2, 0.25) is 5.91 Å². The Kier molecular flexibility index (Phi) is 5.55. The third kappa shape index (κ3) is 4.16. The maximum atomic E-state index is 12.8. The highest BCUT2D eigenvalue weighted by atomic mass is 16.2. The standard InChI is InChI=1S/C23H27N3O2/c1-18(27)26-10-9-20-15-21(7-8-22(20)26)23(28)17-25-13-11-24(12-14-25)16-19-5-3-2-4-6-19/h2-8,15H,9-14,16-17H2,1H3. The summed E-state index contributed by atoms with van der Waals surface area (Å²) in [5, 5.41) is 0. The number of hydrogen-bond acceptors (Lipinski definition) is 4. The van der Waals surface area contributed by atoms with Crippen molar-refractivity contribution in [3.63, 3.8) is 0 Å². The molecule has 2 heterocycles. The molecule has 0 saturated carbocycles. The number of amides is 1. The summed E-state index contributed by atoms with van der Waals surface area (Å²) >= 11 is 0. The fourth-order valence-electron chi connectivity index (χ4n) is 4.14. The monoisotopic (exact) mass is 377 g/mol. The highest BCUT2D eigenvalue weighted by Crippen LogP contribution is 2.29. The predicted molar refractivity (Wildman–Crippen MR) is 111 cm³/mol. The van der Waals surface area contributed by atoms with Gasteiger partial charge in [-0.1, -0.05) is 30.3 Å². The number of nitrogens with zero attached hydrogens (tertiary/aromatic N) is 3. The predicted octanol–water partition coefficient (Wildman–Crippen LogP) is 2.60. The number of fused-ring (bicyclic) bond motifs is 1. The van der Waals surface area contributed by atoms with Crippen LogP contribution in [0.1, 0.15) is 28.4 Å². The zero-order chi connectivity index (χ0) is 19.5. The van der Waals surface area contributed by atoms with Crippen LogP contribution in [0.5, 0.6) is 0 Å². The molecule has 1 amide bonds. The number of carbonyl (C=O) groups is 2. The molecule has 0 bridgehead atoms. The minimum Gasteiger partial charge on any atom is -0.312 e. The van der Waals surface area contributed by atoms with E-state index in [1.165, 1.54) is 5.56 Å². The second-order valence-electron chi connectivity index (χ2n) is 7.73. The maximum absolute atomic E-state index is 12.8. The Morgan fingerprint density at radius 3 is 2.32 bits per heavy atom. The minimum absolute atomic E-state index is 0.0613. The summed E-state index contributed by atoms with van der Waals surface area (Å²) in [6, 6.07) is 16.3. The van der Waals surface area contributed by atoms with E-state index in [0.29, 0.717) is 13.1 Å². The summed E-state index contributed by atoms with van der Waals surface area (Å²) in [7, 11) is 0. The minimum atomic E-state index is 0.0613. The second kappa shape index (κ2) is 8.25. The van der Waals surface area contributed by atoms with Crippen LogP contribution in [0.15, 0.2) is 48.5 Å². The van der Waals surface area contributed by atoms with E-state index in [2.05, 4.69) is 34.1 Å². The molecular formula is C23H27N3O2. The first-order valence-electron chi connectivity index (χ1n) is 10.0. The largest absolute Gasteiger partial charge is 0.312 e. The zero-order valence-corrected chi connectivity index (χ0v) is 16.4. The van der Waals surface area contributed by atoms with E-state index in [0.717, 1.165) is 56.0 Å². The van der Waals surface area contributed by atoms with Crippen LogP contribution in [0, 0.1) is 0 Å². The van der Waals surface area contributed by atoms with E-state index < -0.39 is 0 Å². The number of ketones is 1. The van der Waals surface area contributed by atoms with Crippen LogP contribution >= 0.6 is 0 Å². The first-order valence-corrected chi connectivity index (χ1v) is 10.0. The van der Waals surface area contributed by atoms with Gasteiger partial charge in [-0.15, -0.1) is 0 Å². The molecule has 5 heteroatoms. The molecule has 1 saturated heterocycles. The Hall–Kier alpha value is -2.50. The van der Waals surface area contributed by atoms with Crippen molar-refractivity contribution >= 4 is 17.4 Å². The second-order valence-corrected chi connectivity index (χ2v) is 7.73. The Morgan fingerprint density at radius 2 is 1.61 bits per heavy atom. The lowest BCUT2D eigenvalue weighted by molar-refractivity contribution is -0.116. The van der Waals surface area contributed by atoms with Gasteiger partial charge in [0.25, 0.3) is 0 Å². The molecular weight excluding hydrogens is 350 g/mol. The molecule has 2 aliphatic rings. The van der Waals surface area contributed by atoms with Crippen molar-refractivity contribution in [2.24, 2.45) is 0 Å². The number of anilines is 1. The Labute approximate surface area is 166 Å². The van der Waals surface area contributed by atoms with Gasteiger partial charge >= 0.3 is 0 Å². The Balaban J connectivity index is 1.31. The van der Waals surface area contributed by atoms with Gasteiger partial charge in [-0.05, 0) is 35.7 Å². The lowest BCUT2D eigenvalue weighted by atomic mass is 10.0. The van der Waals surface area contributed by atoms with Crippen molar-refractivity contribution in [1.82, 2.24) is 9.80 Å². The molecule has 1 fully saturated rings. The van der Waals surface area contributed by atoms with E-state index in [1.54, 1.807) is 11.8 Å². The average Bonchev–Trinajstić information content (AvgIpc) is 3.14. The molecule has 0 N–H and O–H groups in total. The summed E-state index contributed by atoms with van der Waals surface area (Å²) in [4.78, 5) is 30.9. The lowest BCUT2D eigenvalue weighted by Crippen LogP contribution is -2.47. The first-order chi connectivity index (χ1) is 13.6. The number of piperazine rings is 1. The molecule has 5 nitrogen and oxygen atoms in total. The van der Waals surface area contributed by atoms with Gasteiger partial charge in [-0.25, -0.2) is 0 Å². The van der Waals surface area contributed by atoms with E-state index in [9.17, 15) is 9.59 Å². The maximum Gasteiger partial charge on any atom is 0.223 e. The highest BCUT2D eigenvalue weighted by Gasteiger charge is 2.24. The van der Waals surface area contributed by atoms with Crippen LogP contribution in [0.25, 0.3) is 0 Å². The van der Waals surface area contributed by atoms with E-state index >= 15 is 0 Å². The number of hydrogen-bond donors (Lipinski definition) is 0. The SMILES string of the molecule is CC(=O)N1CCc2cc(C(=O)CN3CCN(Cc4ccccc4)CC3)ccc21. The number of carbonyl (C=O) groups excluding carboxylic acids is 2. The van der Waals surface area contributed by atoms with Gasteiger partial charge in [0.15, 0.2) is 5.78 Å². The third-order valence-corrected chi connectivity index (χ3v) is 5.76. The molecule has 4 rings (SSSR count). The van der Waals surface area contributed by atoms with Crippen LogP contribution in [0.2, 0.25) is 0 Å². The molecule has 0 aliphatic carbocycles. The van der Waals surface area contributed by atoms with Gasteiger partial charge in [0.1, 0.15) is 0 Å². The topological polar surface area (TPSA) is 43.9 Å². The Bertz CT molecular complexity index is 857. The van der Waals surface area contributed by atoms with Gasteiger partial charge in [0.05, 0.1) is 6.54 Å². The molecule has 0 radical (unpaired) electrons. The molecule has 2 aromatic rings. The highest BCUT2D eigenvalue weighted by molar-refractivity contribution is 6.00. The van der Waals surface area contributed by atoms with E-state index in [4.69, 9.17) is 0 Å². The number of Topliss-reactive ketones (excluding diaryl/α,β-unsaturated/α-hetero) is 1. The first kappa shape index (κ1) is 18.8. The normalized spacial score (nSPS) is 17.5. The van der Waals surface area contributed by atoms with Crippen molar-refractivity contribution in [2.45, 2.75) is 19.9 Å². The van der Waals surface area contributed by atoms with Gasteiger partial charge < -0.3 is 4.90 Å². The molecule has 0 unspecified atom stereocenters. The summed E-state index contributed by atoms with van der Waals surface area (Å²) in [6.07, 6.45) is 0.828. The van der Waals surface area contributed by atoms with Gasteiger partial charge in [-0.2, -0.15) is 0 Å². The van der Waals surface area contributed by atoms with E-state index in [-0.39, 0.29) is 11.7 Å². The lowest BCUT2D eigenvalue weighted by Gasteiger charge is -2.34. The average molecular weight is 377 g/mol. The number of rotatable bonds is 5. The zero-order valence-electron chi connectivity index (χ0n) is 16.4. The van der Waals surface area contributed by atoms with Crippen LogP contribution < -0.4 is 4.90 Å². The van der Waals surface area contributed by atoms with Gasteiger partial charge in [-0.3, -0.25) is 19.4 Å². The summed E-state index contributed by atoms with van der Waals surface area (Å²) < 4.78 is 0. The molecule has 0 spiro atoms. The quantitative estimate of drug-likeness (QED) is 0.752. The fraction of sp³-hybridized carbons (Fsp3) is 0.391. The fourth-order valence-corrected chi connectivity index (χ4v) is 4.14. The summed E-state index contributed by atoms with van der Waals surface area (Å²) in [6.45, 7) is 7.55. The van der Waals surface area contributed by atoms with Crippen LogP contribution in [0.3, 0.4) is 0 Å². The smallest absolute Gasteiger partial charge is 0.223 e. The van der Waals surface area contributed by atoms with Crippen molar-refractivity contribution in [1.29, 1.82) is 0 Å². The van der Waals surface area contributed by atoms with Crippen LogP contribution in [-0.4, -0.2) is 60.8 Å². The van der Waals surface area contributed by atoms with Crippen LogP contribution in [-0.2, 0) is 17.8 Å². The van der Waals surface area contributed by atoms with Crippen LogP contribution in [0.4, 0.5) is 5.69 Å². The van der Waals surface area contributed by atoms with E-state index in [1.807, 2.05) is 24.3 Å². The molecule has 28 heavy (non-hydrogen) atoms. The van der Waals surface area contributed by atoms with Crippen molar-refractivity contribution < 1.29 is 9.59 Å².